The molecular formula is C11H10N4O6. The Morgan fingerprint density at radius 3 is 2.76 bits per heavy atom. The van der Waals surface area contributed by atoms with E-state index in [0.717, 1.165) is 12.3 Å². The zero-order chi connectivity index (χ0) is 15.6. The predicted octanol–water partition coefficient (Wildman–Crippen LogP) is -0.412. The second-order valence-corrected chi connectivity index (χ2v) is 4.03. The minimum Gasteiger partial charge on any atom is -0.464 e. The van der Waals surface area contributed by atoms with Gasteiger partial charge in [0.25, 0.3) is 17.1 Å². The van der Waals surface area contributed by atoms with Crippen LogP contribution < -0.4 is 10.6 Å². The second kappa shape index (κ2) is 5.15. The van der Waals surface area contributed by atoms with E-state index in [1.165, 1.54) is 13.1 Å². The van der Waals surface area contributed by atoms with E-state index in [1.54, 1.807) is 0 Å². The van der Waals surface area contributed by atoms with Crippen LogP contribution in [0.3, 0.4) is 0 Å². The summed E-state index contributed by atoms with van der Waals surface area (Å²) in [5.41, 5.74) is -3.19. The van der Waals surface area contributed by atoms with Crippen molar-refractivity contribution < 1.29 is 24.0 Å². The Morgan fingerprint density at radius 2 is 2.24 bits per heavy atom. The summed E-state index contributed by atoms with van der Waals surface area (Å²) in [6.07, 6.45) is 2.05. The Kier molecular flexibility index (Phi) is 3.52. The number of nitrogens with zero attached hydrogens (tertiary/aromatic N) is 2. The molecule has 1 aromatic heterocycles. The summed E-state index contributed by atoms with van der Waals surface area (Å²) in [5, 5.41) is 15.0. The van der Waals surface area contributed by atoms with Crippen molar-refractivity contribution in [3.8, 4) is 0 Å². The summed E-state index contributed by atoms with van der Waals surface area (Å²) in [7, 11) is 0. The Bertz CT molecular complexity index is 645. The molecule has 3 amide bonds. The number of pyridine rings is 1. The van der Waals surface area contributed by atoms with Crippen molar-refractivity contribution >= 4 is 23.6 Å². The average molecular weight is 294 g/mol. The normalized spacial score (nSPS) is 20.6. The molecule has 10 nitrogen and oxygen atoms in total. The van der Waals surface area contributed by atoms with Gasteiger partial charge >= 0.3 is 12.0 Å². The lowest BCUT2D eigenvalue weighted by Gasteiger charge is -2.23. The molecule has 1 fully saturated rings. The molecule has 0 aliphatic carbocycles. The third-order valence-corrected chi connectivity index (χ3v) is 2.85. The largest absolute Gasteiger partial charge is 0.464 e. The molecule has 0 bridgehead atoms. The van der Waals surface area contributed by atoms with Crippen LogP contribution in [-0.4, -0.2) is 34.4 Å². The minimum absolute atomic E-state index is 0.0669. The molecular weight excluding hydrogens is 284 g/mol. The summed E-state index contributed by atoms with van der Waals surface area (Å²) in [6, 6.07) is 0.166. The van der Waals surface area contributed by atoms with Crippen LogP contribution in [0.25, 0.3) is 0 Å². The third kappa shape index (κ3) is 2.16. The fourth-order valence-electron chi connectivity index (χ4n) is 1.99. The smallest absolute Gasteiger partial charge is 0.346 e. The van der Waals surface area contributed by atoms with Crippen LogP contribution in [0.1, 0.15) is 12.5 Å². The van der Waals surface area contributed by atoms with E-state index in [4.69, 9.17) is 4.74 Å². The number of carbonyl (C=O) groups excluding carboxylic acids is 3. The molecule has 0 radical (unpaired) electrons. The van der Waals surface area contributed by atoms with E-state index in [2.05, 4.69) is 10.3 Å². The van der Waals surface area contributed by atoms with Crippen molar-refractivity contribution in [3.05, 3.63) is 34.1 Å². The number of nitrogens with one attached hydrogen (secondary N) is 2. The van der Waals surface area contributed by atoms with Crippen molar-refractivity contribution in [2.24, 2.45) is 0 Å². The van der Waals surface area contributed by atoms with Crippen LogP contribution in [-0.2, 0) is 19.9 Å². The average Bonchev–Trinajstić information content (AvgIpc) is 2.74. The highest BCUT2D eigenvalue weighted by molar-refractivity contribution is 6.19. The Hall–Kier alpha value is -3.04. The first-order chi connectivity index (χ1) is 9.93. The van der Waals surface area contributed by atoms with Crippen LogP contribution in [0.4, 0.5) is 10.5 Å². The van der Waals surface area contributed by atoms with Gasteiger partial charge in [-0.25, -0.2) is 9.59 Å². The van der Waals surface area contributed by atoms with Crippen molar-refractivity contribution in [2.45, 2.75) is 12.5 Å². The molecule has 110 valence electrons. The molecule has 2 N–H and O–H groups in total. The number of aromatic nitrogens is 1. The van der Waals surface area contributed by atoms with Gasteiger partial charge in [0.1, 0.15) is 6.20 Å². The number of rotatable bonds is 4. The highest BCUT2D eigenvalue weighted by Crippen LogP contribution is 2.32. The summed E-state index contributed by atoms with van der Waals surface area (Å²) < 4.78 is 4.78. The van der Waals surface area contributed by atoms with Gasteiger partial charge in [0.05, 0.1) is 17.1 Å². The molecule has 0 saturated carbocycles. The molecule has 21 heavy (non-hydrogen) atoms. The highest BCUT2D eigenvalue weighted by atomic mass is 16.6. The molecule has 1 aliphatic heterocycles. The number of ether oxygens (including phenoxy) is 1. The van der Waals surface area contributed by atoms with Gasteiger partial charge in [0.15, 0.2) is 0 Å². The van der Waals surface area contributed by atoms with E-state index >= 15 is 0 Å². The summed E-state index contributed by atoms with van der Waals surface area (Å²) in [4.78, 5) is 49.4. The number of esters is 1. The van der Waals surface area contributed by atoms with E-state index in [9.17, 15) is 24.5 Å². The van der Waals surface area contributed by atoms with Gasteiger partial charge < -0.3 is 10.1 Å². The number of hydrogen-bond acceptors (Lipinski definition) is 7. The fourth-order valence-corrected chi connectivity index (χ4v) is 1.99. The minimum atomic E-state index is -2.29. The van der Waals surface area contributed by atoms with Crippen molar-refractivity contribution in [1.82, 2.24) is 15.6 Å². The predicted molar refractivity (Wildman–Crippen MR) is 65.9 cm³/mol. The number of imide groups is 1. The van der Waals surface area contributed by atoms with Crippen molar-refractivity contribution in [2.75, 3.05) is 6.61 Å². The van der Waals surface area contributed by atoms with Crippen molar-refractivity contribution in [3.63, 3.8) is 0 Å². The number of carbonyl (C=O) groups is 3. The molecule has 0 spiro atoms. The van der Waals surface area contributed by atoms with E-state index < -0.39 is 34.1 Å². The van der Waals surface area contributed by atoms with Gasteiger partial charge in [-0.2, -0.15) is 0 Å². The van der Waals surface area contributed by atoms with Gasteiger partial charge in [-0.3, -0.25) is 25.2 Å². The summed E-state index contributed by atoms with van der Waals surface area (Å²) in [5.74, 6) is -2.15. The number of urea groups is 1. The Balaban J connectivity index is 2.67. The maximum Gasteiger partial charge on any atom is 0.346 e. The van der Waals surface area contributed by atoms with Crippen molar-refractivity contribution in [1.29, 1.82) is 0 Å². The van der Waals surface area contributed by atoms with Crippen LogP contribution >= 0.6 is 0 Å². The second-order valence-electron chi connectivity index (χ2n) is 4.03. The van der Waals surface area contributed by atoms with Crippen LogP contribution in [0, 0.1) is 10.1 Å². The topological polar surface area (TPSA) is 141 Å². The lowest BCUT2D eigenvalue weighted by molar-refractivity contribution is -0.386. The standard InChI is InChI=1S/C11H10N4O6/c1-2-21-9(17)11(8(16)13-10(18)14-11)6-3-4-12-5-7(6)15(19)20/h3-5H,2H2,1H3,(H2,13,14,16,18). The van der Waals surface area contributed by atoms with E-state index in [0.29, 0.717) is 0 Å². The first-order valence-corrected chi connectivity index (χ1v) is 5.83. The molecule has 1 saturated heterocycles. The Labute approximate surface area is 117 Å². The lowest BCUT2D eigenvalue weighted by Crippen LogP contribution is -2.52. The van der Waals surface area contributed by atoms with Gasteiger partial charge in [0, 0.05) is 6.20 Å². The van der Waals surface area contributed by atoms with E-state index in [1.807, 2.05) is 5.32 Å². The molecule has 10 heteroatoms. The molecule has 1 unspecified atom stereocenters. The van der Waals surface area contributed by atoms with Gasteiger partial charge in [-0.15, -0.1) is 0 Å². The first-order valence-electron chi connectivity index (χ1n) is 5.83. The zero-order valence-electron chi connectivity index (χ0n) is 10.8. The molecule has 0 aromatic carbocycles. The number of amides is 3. The maximum atomic E-state index is 12.2. The lowest BCUT2D eigenvalue weighted by atomic mass is 9.89. The van der Waals surface area contributed by atoms with Gasteiger partial charge in [0.2, 0.25) is 0 Å². The molecule has 1 aliphatic rings. The number of hydrogen-bond donors (Lipinski definition) is 2. The van der Waals surface area contributed by atoms with Gasteiger partial charge in [-0.05, 0) is 13.0 Å². The molecule has 1 atom stereocenters. The van der Waals surface area contributed by atoms with Crippen LogP contribution in [0.15, 0.2) is 18.5 Å². The Morgan fingerprint density at radius 1 is 1.52 bits per heavy atom. The van der Waals surface area contributed by atoms with Crippen LogP contribution in [0.2, 0.25) is 0 Å². The summed E-state index contributed by atoms with van der Waals surface area (Å²) in [6.45, 7) is 1.43. The quantitative estimate of drug-likeness (QED) is 0.253. The summed E-state index contributed by atoms with van der Waals surface area (Å²) >= 11 is 0. The monoisotopic (exact) mass is 294 g/mol. The SMILES string of the molecule is CCOC(=O)C1(c2ccncc2[N+](=O)[O-])NC(=O)NC1=O. The third-order valence-electron chi connectivity index (χ3n) is 2.85. The maximum absolute atomic E-state index is 12.2. The fraction of sp³-hybridized carbons (Fsp3) is 0.273. The number of nitro groups is 1. The van der Waals surface area contributed by atoms with Gasteiger partial charge in [-0.1, -0.05) is 0 Å². The highest BCUT2D eigenvalue weighted by Gasteiger charge is 2.58. The molecule has 2 rings (SSSR count). The molecule has 1 aromatic rings. The van der Waals surface area contributed by atoms with Crippen LogP contribution in [0.5, 0.6) is 0 Å². The zero-order valence-corrected chi connectivity index (χ0v) is 10.8. The first kappa shape index (κ1) is 14.4. The molecule has 2 heterocycles. The van der Waals surface area contributed by atoms with E-state index in [-0.39, 0.29) is 12.2 Å².